The molecule has 0 aliphatic carbocycles. The van der Waals surface area contributed by atoms with Crippen LogP contribution in [0.5, 0.6) is 5.75 Å². The topological polar surface area (TPSA) is 81.8 Å². The number of fused-ring (bicyclic) bond motifs is 1. The van der Waals surface area contributed by atoms with Crippen LogP contribution in [0.3, 0.4) is 0 Å². The highest BCUT2D eigenvalue weighted by molar-refractivity contribution is 5.94. The van der Waals surface area contributed by atoms with E-state index in [1.807, 2.05) is 36.9 Å². The molecule has 140 valence electrons. The highest BCUT2D eigenvalue weighted by atomic mass is 16.5. The van der Waals surface area contributed by atoms with Crippen molar-refractivity contribution in [2.24, 2.45) is 0 Å². The molecule has 1 atom stereocenters. The first kappa shape index (κ1) is 17.4. The van der Waals surface area contributed by atoms with Crippen molar-refractivity contribution in [1.82, 2.24) is 24.5 Å². The smallest absolute Gasteiger partial charge is 0.254 e. The lowest BCUT2D eigenvalue weighted by atomic mass is 10.1. The molecule has 0 radical (unpaired) electrons. The van der Waals surface area contributed by atoms with Crippen molar-refractivity contribution in [3.05, 3.63) is 53.1 Å². The number of nitrogens with zero attached hydrogens (tertiary/aromatic N) is 5. The van der Waals surface area contributed by atoms with Crippen LogP contribution in [0, 0.1) is 13.8 Å². The summed E-state index contributed by atoms with van der Waals surface area (Å²) >= 11 is 0. The summed E-state index contributed by atoms with van der Waals surface area (Å²) < 4.78 is 12.9. The number of morpholine rings is 1. The van der Waals surface area contributed by atoms with Crippen LogP contribution in [-0.4, -0.2) is 57.2 Å². The van der Waals surface area contributed by atoms with Crippen molar-refractivity contribution in [1.29, 1.82) is 0 Å². The Hall–Kier alpha value is -3.00. The van der Waals surface area contributed by atoms with E-state index in [1.165, 1.54) is 6.33 Å². The zero-order valence-corrected chi connectivity index (χ0v) is 15.5. The lowest BCUT2D eigenvalue weighted by Crippen LogP contribution is -2.42. The van der Waals surface area contributed by atoms with Crippen LogP contribution in [0.4, 0.5) is 0 Å². The van der Waals surface area contributed by atoms with Crippen LogP contribution in [0.25, 0.3) is 5.78 Å². The Morgan fingerprint density at radius 3 is 2.93 bits per heavy atom. The van der Waals surface area contributed by atoms with Gasteiger partial charge in [-0.05, 0) is 43.7 Å². The SMILES string of the molecule is COc1ccc(C(=O)N2CCOC(c3cc(C)nc4ncnn34)C2)cc1C. The Balaban J connectivity index is 1.60. The molecule has 3 heterocycles. The van der Waals surface area contributed by atoms with Crippen LogP contribution < -0.4 is 4.74 Å². The van der Waals surface area contributed by atoms with Crippen LogP contribution in [0.15, 0.2) is 30.6 Å². The van der Waals surface area contributed by atoms with E-state index in [-0.39, 0.29) is 12.0 Å². The fourth-order valence-corrected chi connectivity index (χ4v) is 3.40. The molecule has 1 fully saturated rings. The maximum Gasteiger partial charge on any atom is 0.254 e. The Morgan fingerprint density at radius 2 is 2.15 bits per heavy atom. The predicted octanol–water partition coefficient (Wildman–Crippen LogP) is 1.96. The van der Waals surface area contributed by atoms with Crippen LogP contribution in [-0.2, 0) is 4.74 Å². The van der Waals surface area contributed by atoms with Crippen molar-refractivity contribution in [2.45, 2.75) is 20.0 Å². The number of benzene rings is 1. The zero-order chi connectivity index (χ0) is 19.0. The van der Waals surface area contributed by atoms with Gasteiger partial charge in [-0.15, -0.1) is 0 Å². The van der Waals surface area contributed by atoms with Gasteiger partial charge in [0.05, 0.1) is 26.0 Å². The summed E-state index contributed by atoms with van der Waals surface area (Å²) in [6, 6.07) is 7.41. The molecule has 3 aromatic rings. The number of carbonyl (C=O) groups excluding carboxylic acids is 1. The van der Waals surface area contributed by atoms with Crippen molar-refractivity contribution in [2.75, 3.05) is 26.8 Å². The average molecular weight is 367 g/mol. The normalized spacial score (nSPS) is 17.3. The zero-order valence-electron chi connectivity index (χ0n) is 15.5. The van der Waals surface area contributed by atoms with E-state index < -0.39 is 0 Å². The van der Waals surface area contributed by atoms with Crippen molar-refractivity contribution in [3.63, 3.8) is 0 Å². The molecule has 0 saturated carbocycles. The Bertz CT molecular complexity index is 1000. The van der Waals surface area contributed by atoms with Crippen molar-refractivity contribution < 1.29 is 14.3 Å². The molecule has 0 N–H and O–H groups in total. The van der Waals surface area contributed by atoms with Gasteiger partial charge in [0.25, 0.3) is 11.7 Å². The molecule has 1 amide bonds. The number of aryl methyl sites for hydroxylation is 2. The predicted molar refractivity (Wildman–Crippen MR) is 97.8 cm³/mol. The van der Waals surface area contributed by atoms with Crippen LogP contribution >= 0.6 is 0 Å². The molecule has 1 aliphatic heterocycles. The summed E-state index contributed by atoms with van der Waals surface area (Å²) in [6.45, 7) is 5.29. The lowest BCUT2D eigenvalue weighted by Gasteiger charge is -2.33. The number of rotatable bonds is 3. The number of ether oxygens (including phenoxy) is 2. The second kappa shape index (κ2) is 6.96. The number of hydrogen-bond donors (Lipinski definition) is 0. The Labute approximate surface area is 156 Å². The highest BCUT2D eigenvalue weighted by Gasteiger charge is 2.28. The van der Waals surface area contributed by atoms with E-state index in [2.05, 4.69) is 15.1 Å². The molecule has 1 unspecified atom stereocenters. The van der Waals surface area contributed by atoms with Gasteiger partial charge in [-0.2, -0.15) is 14.6 Å². The fraction of sp³-hybridized carbons (Fsp3) is 0.368. The van der Waals surface area contributed by atoms with E-state index in [1.54, 1.807) is 17.7 Å². The van der Waals surface area contributed by atoms with Crippen molar-refractivity contribution >= 4 is 11.7 Å². The maximum absolute atomic E-state index is 13.0. The number of aromatic nitrogens is 4. The second-order valence-electron chi connectivity index (χ2n) is 6.59. The average Bonchev–Trinajstić information content (AvgIpc) is 3.15. The van der Waals surface area contributed by atoms with E-state index in [0.717, 1.165) is 22.7 Å². The Morgan fingerprint density at radius 1 is 1.30 bits per heavy atom. The van der Waals surface area contributed by atoms with Crippen LogP contribution in [0.1, 0.15) is 33.4 Å². The van der Waals surface area contributed by atoms with E-state index >= 15 is 0 Å². The second-order valence-corrected chi connectivity index (χ2v) is 6.59. The quantitative estimate of drug-likeness (QED) is 0.704. The van der Waals surface area contributed by atoms with Gasteiger partial charge in [-0.25, -0.2) is 4.98 Å². The molecule has 0 spiro atoms. The Kier molecular flexibility index (Phi) is 4.49. The molecule has 1 saturated heterocycles. The largest absolute Gasteiger partial charge is 0.496 e. The minimum absolute atomic E-state index is 0.0188. The molecule has 0 bridgehead atoms. The van der Waals surface area contributed by atoms with Crippen LogP contribution in [0.2, 0.25) is 0 Å². The first-order valence-corrected chi connectivity index (χ1v) is 8.79. The van der Waals surface area contributed by atoms with E-state index in [9.17, 15) is 4.79 Å². The third kappa shape index (κ3) is 3.23. The number of amides is 1. The van der Waals surface area contributed by atoms with Gasteiger partial charge in [-0.3, -0.25) is 4.79 Å². The summed E-state index contributed by atoms with van der Waals surface area (Å²) in [6.07, 6.45) is 1.19. The first-order chi connectivity index (χ1) is 13.1. The number of hydrogen-bond acceptors (Lipinski definition) is 6. The van der Waals surface area contributed by atoms with E-state index in [0.29, 0.717) is 31.0 Å². The third-order valence-electron chi connectivity index (χ3n) is 4.73. The molecule has 27 heavy (non-hydrogen) atoms. The van der Waals surface area contributed by atoms with Crippen molar-refractivity contribution in [3.8, 4) is 5.75 Å². The monoisotopic (exact) mass is 367 g/mol. The molecule has 1 aliphatic rings. The summed E-state index contributed by atoms with van der Waals surface area (Å²) in [7, 11) is 1.62. The van der Waals surface area contributed by atoms with Gasteiger partial charge in [0.1, 0.15) is 18.2 Å². The molecule has 2 aromatic heterocycles. The van der Waals surface area contributed by atoms with Gasteiger partial charge in [0, 0.05) is 17.8 Å². The molecular weight excluding hydrogens is 346 g/mol. The third-order valence-corrected chi connectivity index (χ3v) is 4.73. The fourth-order valence-electron chi connectivity index (χ4n) is 3.40. The minimum Gasteiger partial charge on any atom is -0.496 e. The van der Waals surface area contributed by atoms with Gasteiger partial charge >= 0.3 is 0 Å². The highest BCUT2D eigenvalue weighted by Crippen LogP contribution is 2.25. The maximum atomic E-state index is 13.0. The van der Waals surface area contributed by atoms with Gasteiger partial charge < -0.3 is 14.4 Å². The van der Waals surface area contributed by atoms with E-state index in [4.69, 9.17) is 9.47 Å². The molecule has 4 rings (SSSR count). The number of methoxy groups -OCH3 is 1. The summed E-state index contributed by atoms with van der Waals surface area (Å²) in [4.78, 5) is 23.3. The summed E-state index contributed by atoms with van der Waals surface area (Å²) in [5.41, 5.74) is 3.26. The summed E-state index contributed by atoms with van der Waals surface area (Å²) in [5.74, 6) is 1.28. The minimum atomic E-state index is -0.284. The van der Waals surface area contributed by atoms with Gasteiger partial charge in [0.2, 0.25) is 0 Å². The molecule has 8 nitrogen and oxygen atoms in total. The molecule has 1 aromatic carbocycles. The molecule has 8 heteroatoms. The first-order valence-electron chi connectivity index (χ1n) is 8.79. The molecular formula is C19H21N5O3. The van der Waals surface area contributed by atoms with Gasteiger partial charge in [0.15, 0.2) is 0 Å². The lowest BCUT2D eigenvalue weighted by molar-refractivity contribution is -0.0257. The van der Waals surface area contributed by atoms with Gasteiger partial charge in [-0.1, -0.05) is 0 Å². The number of carbonyl (C=O) groups is 1. The standard InChI is InChI=1S/C19H21N5O3/c1-12-8-14(4-5-16(12)26-3)18(25)23-6-7-27-17(10-23)15-9-13(2)22-19-20-11-21-24(15)19/h4-5,8-9,11,17H,6-7,10H2,1-3H3. The summed E-state index contributed by atoms with van der Waals surface area (Å²) in [5, 5.41) is 4.24.